The summed E-state index contributed by atoms with van der Waals surface area (Å²) in [6.07, 6.45) is 1.73. The van der Waals surface area contributed by atoms with Crippen molar-refractivity contribution in [3.05, 3.63) is 23.8 Å². The normalized spacial score (nSPS) is 15.9. The predicted octanol–water partition coefficient (Wildman–Crippen LogP) is 3.42. The number of aliphatic carboxylic acids is 1. The van der Waals surface area contributed by atoms with Crippen molar-refractivity contribution in [1.29, 1.82) is 0 Å². The Kier molecular flexibility index (Phi) is 5.45. The van der Waals surface area contributed by atoms with Gasteiger partial charge in [0.05, 0.1) is 17.2 Å². The maximum absolute atomic E-state index is 12.3. The van der Waals surface area contributed by atoms with Gasteiger partial charge in [-0.15, -0.1) is 0 Å². The number of hydrogen-bond donors (Lipinski definition) is 1. The van der Waals surface area contributed by atoms with Gasteiger partial charge in [0.1, 0.15) is 0 Å². The van der Waals surface area contributed by atoms with E-state index in [2.05, 4.69) is 4.99 Å². The molecule has 0 spiro atoms. The third-order valence-electron chi connectivity index (χ3n) is 4.40. The van der Waals surface area contributed by atoms with Crippen LogP contribution in [0.25, 0.3) is 0 Å². The zero-order chi connectivity index (χ0) is 18.0. The molecule has 132 valence electrons. The Bertz CT molecular complexity index is 765. The van der Waals surface area contributed by atoms with E-state index < -0.39 is 16.1 Å². The Labute approximate surface area is 142 Å². The molecule has 1 aliphatic rings. The van der Waals surface area contributed by atoms with Crippen molar-refractivity contribution < 1.29 is 22.5 Å². The molecule has 0 atom stereocenters. The smallest absolute Gasteiger partial charge is 0.303 e. The standard InChI is InChI=1S/C17H23NO5S/c1-12-17(2,3)14-11-13(8-9-15(14)18-12)24(21,22)23-10-6-4-5-7-16(19)20/h8-9,11H,4-7,10H2,1-3H3,(H,19,20). The van der Waals surface area contributed by atoms with Gasteiger partial charge in [-0.25, -0.2) is 0 Å². The SMILES string of the molecule is CC1=Nc2ccc(S(=O)(=O)OCCCCCC(=O)O)cc2C1(C)C. The van der Waals surface area contributed by atoms with Crippen LogP contribution in [0.15, 0.2) is 28.1 Å². The molecule has 1 aliphatic heterocycles. The Balaban J connectivity index is 1.99. The van der Waals surface area contributed by atoms with Crippen LogP contribution in [-0.4, -0.2) is 31.8 Å². The molecule has 0 saturated carbocycles. The minimum Gasteiger partial charge on any atom is -0.481 e. The first-order valence-corrected chi connectivity index (χ1v) is 9.37. The lowest BCUT2D eigenvalue weighted by molar-refractivity contribution is -0.137. The fourth-order valence-electron chi connectivity index (χ4n) is 2.58. The fourth-order valence-corrected chi connectivity index (χ4v) is 3.55. The van der Waals surface area contributed by atoms with Crippen LogP contribution in [0.1, 0.15) is 52.0 Å². The van der Waals surface area contributed by atoms with Crippen LogP contribution >= 0.6 is 0 Å². The van der Waals surface area contributed by atoms with Gasteiger partial charge in [0.25, 0.3) is 10.1 Å². The number of carbonyl (C=O) groups is 1. The summed E-state index contributed by atoms with van der Waals surface area (Å²) >= 11 is 0. The molecule has 0 fully saturated rings. The molecule has 0 aliphatic carbocycles. The van der Waals surface area contributed by atoms with E-state index >= 15 is 0 Å². The summed E-state index contributed by atoms with van der Waals surface area (Å²) < 4.78 is 29.7. The van der Waals surface area contributed by atoms with E-state index in [1.54, 1.807) is 12.1 Å². The second-order valence-corrected chi connectivity index (χ2v) is 8.10. The van der Waals surface area contributed by atoms with Crippen LogP contribution in [0.5, 0.6) is 0 Å². The van der Waals surface area contributed by atoms with Crippen LogP contribution < -0.4 is 0 Å². The number of carboxylic acids is 1. The molecule has 0 unspecified atom stereocenters. The zero-order valence-corrected chi connectivity index (χ0v) is 15.0. The largest absolute Gasteiger partial charge is 0.481 e. The summed E-state index contributed by atoms with van der Waals surface area (Å²) in [5, 5.41) is 8.55. The van der Waals surface area contributed by atoms with Gasteiger partial charge in [-0.2, -0.15) is 8.42 Å². The molecule has 1 aromatic carbocycles. The highest BCUT2D eigenvalue weighted by Gasteiger charge is 2.33. The molecule has 1 aromatic rings. The number of hydrogen-bond acceptors (Lipinski definition) is 5. The van der Waals surface area contributed by atoms with E-state index in [0.717, 1.165) is 17.0 Å². The maximum Gasteiger partial charge on any atom is 0.303 e. The van der Waals surface area contributed by atoms with Crippen LogP contribution in [0.4, 0.5) is 5.69 Å². The van der Waals surface area contributed by atoms with Gasteiger partial charge in [-0.05, 0) is 43.5 Å². The number of carboxylic acid groups (broad SMARTS) is 1. The number of rotatable bonds is 8. The Morgan fingerprint density at radius 1 is 1.25 bits per heavy atom. The summed E-state index contributed by atoms with van der Waals surface area (Å²) in [4.78, 5) is 15.0. The highest BCUT2D eigenvalue weighted by molar-refractivity contribution is 7.86. The molecule has 7 heteroatoms. The number of benzene rings is 1. The first-order valence-electron chi connectivity index (χ1n) is 7.96. The first kappa shape index (κ1) is 18.6. The van der Waals surface area contributed by atoms with Gasteiger partial charge in [0.15, 0.2) is 0 Å². The van der Waals surface area contributed by atoms with Gasteiger partial charge in [0.2, 0.25) is 0 Å². The monoisotopic (exact) mass is 353 g/mol. The minimum absolute atomic E-state index is 0.0535. The van der Waals surface area contributed by atoms with Gasteiger partial charge in [-0.3, -0.25) is 14.0 Å². The van der Waals surface area contributed by atoms with Crippen molar-refractivity contribution in [2.45, 2.75) is 56.8 Å². The highest BCUT2D eigenvalue weighted by atomic mass is 32.2. The minimum atomic E-state index is -3.82. The summed E-state index contributed by atoms with van der Waals surface area (Å²) in [6, 6.07) is 4.85. The average Bonchev–Trinajstić information content (AvgIpc) is 2.72. The molecule has 0 saturated heterocycles. The lowest BCUT2D eigenvalue weighted by Crippen LogP contribution is -2.23. The lowest BCUT2D eigenvalue weighted by Gasteiger charge is -2.20. The summed E-state index contributed by atoms with van der Waals surface area (Å²) in [5.41, 5.74) is 2.33. The van der Waals surface area contributed by atoms with Crippen molar-refractivity contribution >= 4 is 27.5 Å². The van der Waals surface area contributed by atoms with Crippen LogP contribution in [-0.2, 0) is 24.5 Å². The van der Waals surface area contributed by atoms with Crippen molar-refractivity contribution in [2.24, 2.45) is 4.99 Å². The second-order valence-electron chi connectivity index (χ2n) is 6.48. The van der Waals surface area contributed by atoms with Crippen LogP contribution in [0, 0.1) is 0 Å². The molecule has 0 aromatic heterocycles. The van der Waals surface area contributed by atoms with Crippen LogP contribution in [0.2, 0.25) is 0 Å². The van der Waals surface area contributed by atoms with Crippen molar-refractivity contribution in [1.82, 2.24) is 0 Å². The summed E-state index contributed by atoms with van der Waals surface area (Å²) in [5.74, 6) is -0.846. The van der Waals surface area contributed by atoms with Gasteiger partial charge < -0.3 is 5.11 Å². The second kappa shape index (κ2) is 7.03. The van der Waals surface area contributed by atoms with Gasteiger partial charge in [0, 0.05) is 17.5 Å². The average molecular weight is 353 g/mol. The van der Waals surface area contributed by atoms with Crippen molar-refractivity contribution in [2.75, 3.05) is 6.61 Å². The predicted molar refractivity (Wildman–Crippen MR) is 91.5 cm³/mol. The third kappa shape index (κ3) is 4.02. The van der Waals surface area contributed by atoms with E-state index in [1.165, 1.54) is 6.07 Å². The van der Waals surface area contributed by atoms with E-state index in [9.17, 15) is 13.2 Å². The number of nitrogens with zero attached hydrogens (tertiary/aromatic N) is 1. The molecule has 6 nitrogen and oxygen atoms in total. The molecule has 24 heavy (non-hydrogen) atoms. The molecular formula is C17H23NO5S. The van der Waals surface area contributed by atoms with Gasteiger partial charge >= 0.3 is 5.97 Å². The lowest BCUT2D eigenvalue weighted by atomic mass is 9.82. The molecule has 0 radical (unpaired) electrons. The van der Waals surface area contributed by atoms with Crippen LogP contribution in [0.3, 0.4) is 0 Å². The Hall–Kier alpha value is -1.73. The number of fused-ring (bicyclic) bond motifs is 1. The van der Waals surface area contributed by atoms with E-state index in [1.807, 2.05) is 20.8 Å². The first-order chi connectivity index (χ1) is 11.1. The quantitative estimate of drug-likeness (QED) is 0.571. The summed E-state index contributed by atoms with van der Waals surface area (Å²) in [6.45, 7) is 6.01. The van der Waals surface area contributed by atoms with E-state index in [0.29, 0.717) is 19.3 Å². The zero-order valence-electron chi connectivity index (χ0n) is 14.2. The summed E-state index contributed by atoms with van der Waals surface area (Å²) in [7, 11) is -3.82. The molecule has 0 amide bonds. The molecular weight excluding hydrogens is 330 g/mol. The number of unbranched alkanes of at least 4 members (excludes halogenated alkanes) is 2. The van der Waals surface area contributed by atoms with Gasteiger partial charge in [-0.1, -0.05) is 20.3 Å². The molecule has 1 heterocycles. The Morgan fingerprint density at radius 3 is 2.62 bits per heavy atom. The molecule has 2 rings (SSSR count). The third-order valence-corrected chi connectivity index (χ3v) is 5.70. The molecule has 0 bridgehead atoms. The molecule has 1 N–H and O–H groups in total. The van der Waals surface area contributed by atoms with Crippen molar-refractivity contribution in [3.63, 3.8) is 0 Å². The Morgan fingerprint density at radius 2 is 1.96 bits per heavy atom. The maximum atomic E-state index is 12.3. The van der Waals surface area contributed by atoms with E-state index in [4.69, 9.17) is 9.29 Å². The topological polar surface area (TPSA) is 93.0 Å². The van der Waals surface area contributed by atoms with E-state index in [-0.39, 0.29) is 23.3 Å². The number of aliphatic imine (C=N–C) groups is 1. The van der Waals surface area contributed by atoms with Crippen molar-refractivity contribution in [3.8, 4) is 0 Å². The fraction of sp³-hybridized carbons (Fsp3) is 0.529. The highest BCUT2D eigenvalue weighted by Crippen LogP contribution is 2.40.